The molecule has 1 aromatic rings. The summed E-state index contributed by atoms with van der Waals surface area (Å²) < 4.78 is 5.12. The average molecular weight is 207 g/mol. The van der Waals surface area contributed by atoms with Crippen molar-refractivity contribution in [3.63, 3.8) is 0 Å². The molecule has 0 spiro atoms. The van der Waals surface area contributed by atoms with Crippen LogP contribution in [0.5, 0.6) is 0 Å². The van der Waals surface area contributed by atoms with Gasteiger partial charge in [-0.05, 0) is 31.7 Å². The summed E-state index contributed by atoms with van der Waals surface area (Å²) in [5, 5.41) is 10.5. The number of nitrogens with zero attached hydrogens (tertiary/aromatic N) is 1. The second-order valence-corrected chi connectivity index (χ2v) is 4.32. The van der Waals surface area contributed by atoms with Crippen LogP contribution in [0.15, 0.2) is 18.3 Å². The summed E-state index contributed by atoms with van der Waals surface area (Å²) in [6, 6.07) is 3.87. The fourth-order valence-corrected chi connectivity index (χ4v) is 1.94. The zero-order valence-electron chi connectivity index (χ0n) is 9.23. The van der Waals surface area contributed by atoms with E-state index in [2.05, 4.69) is 4.98 Å². The predicted molar refractivity (Wildman–Crippen MR) is 57.5 cm³/mol. The van der Waals surface area contributed by atoms with Gasteiger partial charge >= 0.3 is 0 Å². The maximum atomic E-state index is 10.5. The van der Waals surface area contributed by atoms with Gasteiger partial charge in [-0.25, -0.2) is 0 Å². The third-order valence-corrected chi connectivity index (χ3v) is 3.03. The van der Waals surface area contributed by atoms with Crippen LogP contribution in [0.25, 0.3) is 0 Å². The molecule has 0 radical (unpaired) electrons. The molecule has 0 bridgehead atoms. The molecule has 0 aromatic carbocycles. The molecule has 1 unspecified atom stereocenters. The normalized spacial score (nSPS) is 19.9. The minimum atomic E-state index is -0.838. The maximum absolute atomic E-state index is 10.5. The molecular formula is C12H17NO2. The van der Waals surface area contributed by atoms with E-state index in [-0.39, 0.29) is 0 Å². The second kappa shape index (κ2) is 3.91. The summed E-state index contributed by atoms with van der Waals surface area (Å²) >= 11 is 0. The van der Waals surface area contributed by atoms with E-state index in [1.165, 1.54) is 0 Å². The minimum Gasteiger partial charge on any atom is -0.382 e. The molecule has 3 heteroatoms. The third-order valence-electron chi connectivity index (χ3n) is 3.03. The molecule has 1 heterocycles. The van der Waals surface area contributed by atoms with Gasteiger partial charge in [-0.3, -0.25) is 4.98 Å². The topological polar surface area (TPSA) is 42.4 Å². The van der Waals surface area contributed by atoms with Gasteiger partial charge in [-0.15, -0.1) is 0 Å². The van der Waals surface area contributed by atoms with E-state index in [4.69, 9.17) is 4.74 Å². The molecule has 1 N–H and O–H groups in total. The molecule has 2 rings (SSSR count). The van der Waals surface area contributed by atoms with Crippen LogP contribution in [0, 0.1) is 12.8 Å². The highest BCUT2D eigenvalue weighted by Crippen LogP contribution is 2.45. The van der Waals surface area contributed by atoms with E-state index >= 15 is 0 Å². The molecule has 1 fully saturated rings. The van der Waals surface area contributed by atoms with Crippen LogP contribution in [0.4, 0.5) is 0 Å². The Bertz CT molecular complexity index is 332. The third kappa shape index (κ3) is 2.03. The van der Waals surface area contributed by atoms with Crippen LogP contribution >= 0.6 is 0 Å². The fraction of sp³-hybridized carbons (Fsp3) is 0.583. The molecule has 3 nitrogen and oxygen atoms in total. The lowest BCUT2D eigenvalue weighted by Crippen LogP contribution is -2.33. The van der Waals surface area contributed by atoms with Gasteiger partial charge in [0.25, 0.3) is 0 Å². The summed E-state index contributed by atoms with van der Waals surface area (Å²) in [5.74, 6) is 0.335. The number of hydrogen-bond donors (Lipinski definition) is 1. The molecule has 1 atom stereocenters. The number of aryl methyl sites for hydroxylation is 1. The first-order chi connectivity index (χ1) is 7.16. The zero-order chi connectivity index (χ0) is 10.9. The summed E-state index contributed by atoms with van der Waals surface area (Å²) in [6.45, 7) is 2.29. The molecule has 15 heavy (non-hydrogen) atoms. The number of rotatable bonds is 4. The molecule has 0 saturated heterocycles. The maximum Gasteiger partial charge on any atom is 0.117 e. The van der Waals surface area contributed by atoms with Crippen molar-refractivity contribution in [2.24, 2.45) is 5.92 Å². The standard InChI is InChI=1S/C12H17NO2/c1-9-3-4-11(7-13-9)12(14,8-15-2)10-5-6-10/h3-4,7,10,14H,5-6,8H2,1-2H3. The lowest BCUT2D eigenvalue weighted by atomic mass is 9.91. The van der Waals surface area contributed by atoms with Crippen molar-refractivity contribution in [1.82, 2.24) is 4.98 Å². The Morgan fingerprint density at radius 1 is 1.53 bits per heavy atom. The van der Waals surface area contributed by atoms with Crippen molar-refractivity contribution >= 4 is 0 Å². The van der Waals surface area contributed by atoms with Gasteiger partial charge in [0.2, 0.25) is 0 Å². The summed E-state index contributed by atoms with van der Waals surface area (Å²) in [5.41, 5.74) is 1.00. The van der Waals surface area contributed by atoms with Gasteiger partial charge in [0, 0.05) is 24.6 Å². The Balaban J connectivity index is 2.27. The Kier molecular flexibility index (Phi) is 2.76. The van der Waals surface area contributed by atoms with Crippen LogP contribution in [-0.4, -0.2) is 23.8 Å². The zero-order valence-corrected chi connectivity index (χ0v) is 9.23. The smallest absolute Gasteiger partial charge is 0.117 e. The predicted octanol–water partition coefficient (Wildman–Crippen LogP) is 1.63. The van der Waals surface area contributed by atoms with E-state index in [0.29, 0.717) is 12.5 Å². The lowest BCUT2D eigenvalue weighted by Gasteiger charge is -2.27. The molecule has 1 aromatic heterocycles. The average Bonchev–Trinajstić information content (AvgIpc) is 3.02. The molecule has 1 saturated carbocycles. The Morgan fingerprint density at radius 3 is 2.73 bits per heavy atom. The number of aromatic nitrogens is 1. The van der Waals surface area contributed by atoms with Gasteiger partial charge in [0.1, 0.15) is 5.60 Å². The van der Waals surface area contributed by atoms with E-state index < -0.39 is 5.60 Å². The van der Waals surface area contributed by atoms with Crippen LogP contribution in [-0.2, 0) is 10.3 Å². The Labute approximate surface area is 90.1 Å². The van der Waals surface area contributed by atoms with Crippen LogP contribution in [0.2, 0.25) is 0 Å². The van der Waals surface area contributed by atoms with Crippen molar-refractivity contribution in [3.8, 4) is 0 Å². The lowest BCUT2D eigenvalue weighted by molar-refractivity contribution is -0.0535. The van der Waals surface area contributed by atoms with Gasteiger partial charge in [0.15, 0.2) is 0 Å². The highest BCUT2D eigenvalue weighted by Gasteiger charge is 2.45. The largest absolute Gasteiger partial charge is 0.382 e. The number of hydrogen-bond acceptors (Lipinski definition) is 3. The quantitative estimate of drug-likeness (QED) is 0.816. The second-order valence-electron chi connectivity index (χ2n) is 4.32. The van der Waals surface area contributed by atoms with E-state index in [1.807, 2.05) is 19.1 Å². The summed E-state index contributed by atoms with van der Waals surface area (Å²) in [7, 11) is 1.62. The highest BCUT2D eigenvalue weighted by molar-refractivity contribution is 5.23. The van der Waals surface area contributed by atoms with E-state index in [0.717, 1.165) is 24.1 Å². The van der Waals surface area contributed by atoms with Gasteiger partial charge in [-0.2, -0.15) is 0 Å². The van der Waals surface area contributed by atoms with Crippen molar-refractivity contribution in [2.45, 2.75) is 25.4 Å². The first-order valence-corrected chi connectivity index (χ1v) is 5.31. The molecular weight excluding hydrogens is 190 g/mol. The summed E-state index contributed by atoms with van der Waals surface area (Å²) in [6.07, 6.45) is 3.91. The Hall–Kier alpha value is -0.930. The number of methoxy groups -OCH3 is 1. The summed E-state index contributed by atoms with van der Waals surface area (Å²) in [4.78, 5) is 4.22. The monoisotopic (exact) mass is 207 g/mol. The number of pyridine rings is 1. The molecule has 1 aliphatic rings. The van der Waals surface area contributed by atoms with E-state index in [1.54, 1.807) is 13.3 Å². The van der Waals surface area contributed by atoms with Crippen LogP contribution in [0.1, 0.15) is 24.1 Å². The van der Waals surface area contributed by atoms with Crippen molar-refractivity contribution < 1.29 is 9.84 Å². The van der Waals surface area contributed by atoms with Crippen LogP contribution < -0.4 is 0 Å². The van der Waals surface area contributed by atoms with E-state index in [9.17, 15) is 5.11 Å². The molecule has 82 valence electrons. The van der Waals surface area contributed by atoms with Crippen molar-refractivity contribution in [1.29, 1.82) is 0 Å². The molecule has 1 aliphatic carbocycles. The first kappa shape index (κ1) is 10.6. The van der Waals surface area contributed by atoms with Gasteiger partial charge in [-0.1, -0.05) is 6.07 Å². The first-order valence-electron chi connectivity index (χ1n) is 5.31. The van der Waals surface area contributed by atoms with Gasteiger partial charge in [0.05, 0.1) is 6.61 Å². The van der Waals surface area contributed by atoms with Crippen molar-refractivity contribution in [2.75, 3.05) is 13.7 Å². The van der Waals surface area contributed by atoms with Gasteiger partial charge < -0.3 is 9.84 Å². The molecule has 0 aliphatic heterocycles. The number of ether oxygens (including phenoxy) is 1. The molecule has 0 amide bonds. The van der Waals surface area contributed by atoms with Crippen LogP contribution in [0.3, 0.4) is 0 Å². The fourth-order valence-electron chi connectivity index (χ4n) is 1.94. The Morgan fingerprint density at radius 2 is 2.27 bits per heavy atom. The minimum absolute atomic E-state index is 0.335. The number of aliphatic hydroxyl groups is 1. The highest BCUT2D eigenvalue weighted by atomic mass is 16.5. The van der Waals surface area contributed by atoms with Crippen molar-refractivity contribution in [3.05, 3.63) is 29.6 Å². The SMILES string of the molecule is COCC(O)(c1ccc(C)nc1)C1CC1.